The number of fused-ring (bicyclic) bond motifs is 2. The lowest BCUT2D eigenvalue weighted by atomic mass is 9.93. The molecule has 2 unspecified atom stereocenters. The number of hydrogen-bond donors (Lipinski definition) is 1. The summed E-state index contributed by atoms with van der Waals surface area (Å²) in [7, 11) is 0. The van der Waals surface area contributed by atoms with Crippen LogP contribution in [0.2, 0.25) is 20.1 Å². The van der Waals surface area contributed by atoms with Crippen LogP contribution in [0, 0.1) is 37.3 Å². The van der Waals surface area contributed by atoms with Crippen LogP contribution in [-0.4, -0.2) is 105 Å². The molecule has 0 spiro atoms. The van der Waals surface area contributed by atoms with Gasteiger partial charge in [0.2, 0.25) is 0 Å². The smallest absolute Gasteiger partial charge is 0.254 e. The molecule has 2 saturated carbocycles. The molecule has 6 heterocycles. The van der Waals surface area contributed by atoms with Crippen LogP contribution >= 0.6 is 62.3 Å². The Morgan fingerprint density at radius 2 is 1.05 bits per heavy atom. The monoisotopic (exact) mass is 1190 g/mol. The number of amides is 2. The van der Waals surface area contributed by atoms with Gasteiger partial charge in [0.25, 0.3) is 11.8 Å². The molecule has 12 rings (SSSR count). The van der Waals surface area contributed by atoms with E-state index in [1.165, 1.54) is 55.3 Å². The van der Waals surface area contributed by atoms with Gasteiger partial charge in [-0.1, -0.05) is 86.6 Å². The van der Waals surface area contributed by atoms with E-state index in [2.05, 4.69) is 47.1 Å². The van der Waals surface area contributed by atoms with Crippen molar-refractivity contribution in [3.8, 4) is 0 Å². The first kappa shape index (κ1) is 54.8. The zero-order valence-corrected chi connectivity index (χ0v) is 48.0. The van der Waals surface area contributed by atoms with Crippen molar-refractivity contribution in [1.29, 1.82) is 0 Å². The first-order valence-electron chi connectivity index (χ1n) is 26.2. The summed E-state index contributed by atoms with van der Waals surface area (Å²) >= 11 is 29.6. The highest BCUT2D eigenvalue weighted by Crippen LogP contribution is 2.46. The molecule has 2 aliphatic carbocycles. The fraction of sp³-hybridized carbons (Fsp3) is 0.379. The Morgan fingerprint density at radius 3 is 1.52 bits per heavy atom. The number of halogens is 7. The maximum atomic E-state index is 14.4. The van der Waals surface area contributed by atoms with Gasteiger partial charge in [0.1, 0.15) is 35.4 Å². The molecule has 2 atom stereocenters. The van der Waals surface area contributed by atoms with E-state index in [0.717, 1.165) is 69.4 Å². The van der Waals surface area contributed by atoms with Crippen molar-refractivity contribution in [3.63, 3.8) is 0 Å². The van der Waals surface area contributed by atoms with Gasteiger partial charge < -0.3 is 29.8 Å². The highest BCUT2D eigenvalue weighted by atomic mass is 79.9. The normalized spacial score (nSPS) is 19.2. The van der Waals surface area contributed by atoms with Crippen LogP contribution in [0.3, 0.4) is 0 Å². The zero-order valence-electron chi connectivity index (χ0n) is 43.4. The first-order valence-corrected chi connectivity index (χ1v) is 28.8. The summed E-state index contributed by atoms with van der Waals surface area (Å²) < 4.78 is 30.5. The second kappa shape index (κ2) is 23.4. The quantitative estimate of drug-likeness (QED) is 0.143. The Kier molecular flexibility index (Phi) is 16.6. The molecular formula is C58H61BrCl4F2N10O2. The van der Waals surface area contributed by atoms with E-state index in [4.69, 9.17) is 51.5 Å². The maximum absolute atomic E-state index is 14.4. The largest absolute Gasteiger partial charge is 0.368 e. The molecule has 77 heavy (non-hydrogen) atoms. The summed E-state index contributed by atoms with van der Waals surface area (Å²) in [6.45, 7) is 13.6. The van der Waals surface area contributed by atoms with Crippen LogP contribution in [0.1, 0.15) is 74.1 Å². The van der Waals surface area contributed by atoms with Crippen LogP contribution in [0.15, 0.2) is 120 Å². The average molecular weight is 1190 g/mol. The first-order chi connectivity index (χ1) is 37.1. The van der Waals surface area contributed by atoms with Crippen molar-refractivity contribution in [2.45, 2.75) is 65.5 Å². The Hall–Kier alpha value is -5.58. The molecule has 2 aromatic heterocycles. The topological polar surface area (TPSA) is 98.0 Å². The summed E-state index contributed by atoms with van der Waals surface area (Å²) in [5, 5.41) is 15.8. The lowest BCUT2D eigenvalue weighted by molar-refractivity contribution is -0.128. The van der Waals surface area contributed by atoms with Crippen molar-refractivity contribution < 1.29 is 18.4 Å². The van der Waals surface area contributed by atoms with Crippen molar-refractivity contribution in [3.05, 3.63) is 174 Å². The molecule has 6 aromatic rings. The molecule has 19 heteroatoms. The van der Waals surface area contributed by atoms with Crippen molar-refractivity contribution in [2.24, 2.45) is 11.8 Å². The number of rotatable bonds is 9. The molecule has 404 valence electrons. The van der Waals surface area contributed by atoms with Crippen molar-refractivity contribution >= 4 is 97.2 Å². The molecule has 0 radical (unpaired) electrons. The Balaban J connectivity index is 0.000000161. The van der Waals surface area contributed by atoms with E-state index in [1.54, 1.807) is 36.4 Å². The number of aryl methyl sites for hydroxylation is 2. The third-order valence-corrected chi connectivity index (χ3v) is 17.7. The van der Waals surface area contributed by atoms with Gasteiger partial charge in [-0.15, -0.1) is 0 Å². The molecule has 4 fully saturated rings. The fourth-order valence-corrected chi connectivity index (χ4v) is 12.0. The van der Waals surface area contributed by atoms with Crippen LogP contribution < -0.4 is 20.0 Å². The summed E-state index contributed by atoms with van der Waals surface area (Å²) in [6, 6.07) is 27.0. The average Bonchev–Trinajstić information content (AvgIpc) is 4.46. The van der Waals surface area contributed by atoms with Gasteiger partial charge in [0.15, 0.2) is 0 Å². The van der Waals surface area contributed by atoms with Gasteiger partial charge in [0, 0.05) is 110 Å². The van der Waals surface area contributed by atoms with E-state index >= 15 is 0 Å². The molecule has 4 aromatic carbocycles. The number of alkyl halides is 1. The number of piperazine rings is 2. The fourth-order valence-electron chi connectivity index (χ4n) is 10.6. The van der Waals surface area contributed by atoms with Gasteiger partial charge in [-0.3, -0.25) is 9.59 Å². The van der Waals surface area contributed by atoms with Crippen molar-refractivity contribution in [1.82, 2.24) is 29.4 Å². The van der Waals surface area contributed by atoms with E-state index in [-0.39, 0.29) is 23.4 Å². The summed E-state index contributed by atoms with van der Waals surface area (Å²) in [5.41, 5.74) is 8.10. The third kappa shape index (κ3) is 11.9. The highest BCUT2D eigenvalue weighted by Gasteiger charge is 2.42. The third-order valence-electron chi connectivity index (χ3n) is 15.1. The van der Waals surface area contributed by atoms with Gasteiger partial charge in [-0.05, 0) is 126 Å². The van der Waals surface area contributed by atoms with E-state index in [1.807, 2.05) is 77.2 Å². The molecule has 1 N–H and O–H groups in total. The van der Waals surface area contributed by atoms with E-state index in [9.17, 15) is 18.4 Å². The van der Waals surface area contributed by atoms with E-state index in [0.29, 0.717) is 89.5 Å². The number of hydrogen-bond acceptors (Lipinski definition) is 8. The van der Waals surface area contributed by atoms with Crippen LogP contribution in [0.4, 0.5) is 31.8 Å². The minimum Gasteiger partial charge on any atom is -0.368 e. The summed E-state index contributed by atoms with van der Waals surface area (Å²) in [6.07, 6.45) is 5.33. The highest BCUT2D eigenvalue weighted by molar-refractivity contribution is 9.09. The molecule has 2 saturated heterocycles. The Labute approximate surface area is 477 Å². The number of nitrogens with zero attached hydrogens (tertiary/aromatic N) is 9. The number of carbonyl (C=O) groups is 2. The van der Waals surface area contributed by atoms with Crippen LogP contribution in [-0.2, 0) is 9.59 Å². The predicted octanol–water partition coefficient (Wildman–Crippen LogP) is 13.1. The SMILES string of the molecule is BrCC1CC1.CC1=C(C(=O)N2CCN(c3ccc(F)cc3)CC2)C(c2cccc(Cl)c2Cl)n2nc(C)cc2N1.CC1=C(C(=O)N2CCN(c3ccc(F)cc3)CC2)C(c2cccc(Cl)c2Cl)n2nc(C)cc2N1CC1CC1. The van der Waals surface area contributed by atoms with E-state index < -0.39 is 12.1 Å². The molecule has 4 aliphatic heterocycles. The van der Waals surface area contributed by atoms with Gasteiger partial charge in [0.05, 0.1) is 42.6 Å². The van der Waals surface area contributed by atoms with Gasteiger partial charge >= 0.3 is 0 Å². The molecular weight excluding hydrogens is 1130 g/mol. The molecule has 0 bridgehead atoms. The lowest BCUT2D eigenvalue weighted by Gasteiger charge is -2.41. The molecule has 2 amide bonds. The standard InChI is InChI=1S/C29H30Cl2FN5O.C25H24Cl2FN5O.C4H7Br/c1-18-16-25-36(17-20-6-7-20)19(2)26(28(37(25)33-18)23-4-3-5-24(30)27(23)31)29(38)35-14-12-34(13-15-35)22-10-8-21(32)9-11-22;1-15-14-21-29-16(2)22(24(33(21)30-15)19-4-3-5-20(26)23(19)27)25(34)32-12-10-31(11-13-32)18-8-6-17(28)7-9-18;5-3-4-1-2-4/h3-5,8-11,16,20,28H,6-7,12-15,17H2,1-2H3;3-9,14,24,29H,10-13H2,1-2H3;4H,1-3H2. The van der Waals surface area contributed by atoms with Crippen LogP contribution in [0.5, 0.6) is 0 Å². The van der Waals surface area contributed by atoms with Crippen LogP contribution in [0.25, 0.3) is 0 Å². The van der Waals surface area contributed by atoms with Crippen molar-refractivity contribution in [2.75, 3.05) is 84.2 Å². The Bertz CT molecular complexity index is 3220. The minimum atomic E-state index is -0.501. The lowest BCUT2D eigenvalue weighted by Crippen LogP contribution is -2.51. The summed E-state index contributed by atoms with van der Waals surface area (Å²) in [4.78, 5) is 38.6. The minimum absolute atomic E-state index is 0.0121. The number of aromatic nitrogens is 4. The maximum Gasteiger partial charge on any atom is 0.254 e. The number of anilines is 4. The molecule has 6 aliphatic rings. The summed E-state index contributed by atoms with van der Waals surface area (Å²) in [5.74, 6) is 2.86. The number of allylic oxidation sites excluding steroid dienone is 2. The predicted molar refractivity (Wildman–Crippen MR) is 309 cm³/mol. The second-order valence-corrected chi connectivity index (χ2v) is 22.8. The number of benzene rings is 4. The molecule has 12 nitrogen and oxygen atoms in total. The van der Waals surface area contributed by atoms with Gasteiger partial charge in [-0.25, -0.2) is 18.1 Å². The second-order valence-electron chi connectivity index (χ2n) is 20.6. The number of nitrogens with one attached hydrogen (secondary N) is 1. The zero-order chi connectivity index (χ0) is 54.2. The Morgan fingerprint density at radius 1 is 0.597 bits per heavy atom. The number of carbonyl (C=O) groups excluding carboxylic acids is 2. The van der Waals surface area contributed by atoms with Gasteiger partial charge in [-0.2, -0.15) is 10.2 Å².